The molecule has 1 aromatic rings. The Morgan fingerprint density at radius 3 is 2.61 bits per heavy atom. The van der Waals surface area contributed by atoms with Gasteiger partial charge in [0, 0.05) is 12.2 Å². The summed E-state index contributed by atoms with van der Waals surface area (Å²) in [6.07, 6.45) is 0. The number of aliphatic hydroxyl groups is 1. The van der Waals surface area contributed by atoms with Gasteiger partial charge in [0.1, 0.15) is 0 Å². The lowest BCUT2D eigenvalue weighted by Gasteiger charge is -2.18. The second kappa shape index (κ2) is 7.43. The quantitative estimate of drug-likeness (QED) is 0.780. The van der Waals surface area contributed by atoms with E-state index in [4.69, 9.17) is 10.4 Å². The zero-order valence-corrected chi connectivity index (χ0v) is 10.4. The van der Waals surface area contributed by atoms with E-state index in [1.807, 2.05) is 17.9 Å². The minimum absolute atomic E-state index is 0.0397. The molecule has 18 heavy (non-hydrogen) atoms. The summed E-state index contributed by atoms with van der Waals surface area (Å²) in [4.78, 5) is 13.6. The summed E-state index contributed by atoms with van der Waals surface area (Å²) < 4.78 is 0. The van der Waals surface area contributed by atoms with E-state index in [2.05, 4.69) is 5.32 Å². The van der Waals surface area contributed by atoms with Crippen molar-refractivity contribution in [3.05, 3.63) is 29.8 Å². The third-order valence-electron chi connectivity index (χ3n) is 2.53. The topological polar surface area (TPSA) is 76.4 Å². The molecule has 0 aliphatic carbocycles. The van der Waals surface area contributed by atoms with E-state index in [0.717, 1.165) is 0 Å². The Morgan fingerprint density at radius 2 is 2.11 bits per heavy atom. The van der Waals surface area contributed by atoms with E-state index in [-0.39, 0.29) is 19.1 Å². The van der Waals surface area contributed by atoms with E-state index in [9.17, 15) is 4.79 Å². The third kappa shape index (κ3) is 4.53. The Labute approximate surface area is 107 Å². The van der Waals surface area contributed by atoms with Crippen molar-refractivity contribution in [3.8, 4) is 6.07 Å². The highest BCUT2D eigenvalue weighted by molar-refractivity contribution is 5.92. The van der Waals surface area contributed by atoms with Crippen molar-refractivity contribution in [2.45, 2.75) is 6.92 Å². The van der Waals surface area contributed by atoms with E-state index in [1.54, 1.807) is 24.3 Å². The number of aliphatic hydroxyl groups excluding tert-OH is 1. The highest BCUT2D eigenvalue weighted by atomic mass is 16.3. The van der Waals surface area contributed by atoms with Crippen LogP contribution in [0.5, 0.6) is 0 Å². The number of carbonyl (C=O) groups excluding carboxylic acids is 1. The van der Waals surface area contributed by atoms with Gasteiger partial charge in [-0.2, -0.15) is 5.26 Å². The van der Waals surface area contributed by atoms with Gasteiger partial charge >= 0.3 is 0 Å². The molecule has 0 unspecified atom stereocenters. The fourth-order valence-corrected chi connectivity index (χ4v) is 1.52. The molecule has 96 valence electrons. The normalized spacial score (nSPS) is 10.1. The first kappa shape index (κ1) is 14.2. The summed E-state index contributed by atoms with van der Waals surface area (Å²) in [6, 6.07) is 8.71. The summed E-state index contributed by atoms with van der Waals surface area (Å²) in [5.74, 6) is -0.130. The van der Waals surface area contributed by atoms with Crippen LogP contribution in [0.4, 0.5) is 5.69 Å². The second-order valence-corrected chi connectivity index (χ2v) is 3.83. The minimum atomic E-state index is -0.130. The number of carbonyl (C=O) groups is 1. The number of anilines is 1. The van der Waals surface area contributed by atoms with E-state index < -0.39 is 0 Å². The first-order valence-electron chi connectivity index (χ1n) is 5.82. The Morgan fingerprint density at radius 1 is 1.44 bits per heavy atom. The van der Waals surface area contributed by atoms with Crippen LogP contribution in [0, 0.1) is 11.3 Å². The van der Waals surface area contributed by atoms with Crippen molar-refractivity contribution in [1.82, 2.24) is 4.90 Å². The number of nitriles is 1. The highest BCUT2D eigenvalue weighted by Gasteiger charge is 2.08. The van der Waals surface area contributed by atoms with Crippen LogP contribution in [0.1, 0.15) is 12.5 Å². The number of hydrogen-bond acceptors (Lipinski definition) is 4. The summed E-state index contributed by atoms with van der Waals surface area (Å²) in [7, 11) is 0. The molecule has 0 aliphatic heterocycles. The van der Waals surface area contributed by atoms with E-state index in [1.165, 1.54) is 0 Å². The smallest absolute Gasteiger partial charge is 0.238 e. The highest BCUT2D eigenvalue weighted by Crippen LogP contribution is 2.08. The molecular weight excluding hydrogens is 230 g/mol. The number of rotatable bonds is 6. The Hall–Kier alpha value is -1.90. The average molecular weight is 247 g/mol. The van der Waals surface area contributed by atoms with Gasteiger partial charge in [-0.1, -0.05) is 6.92 Å². The number of benzene rings is 1. The number of amides is 1. The van der Waals surface area contributed by atoms with Crippen LogP contribution in [-0.4, -0.2) is 42.2 Å². The molecule has 0 radical (unpaired) electrons. The van der Waals surface area contributed by atoms with Crippen LogP contribution in [0.2, 0.25) is 0 Å². The molecule has 5 heteroatoms. The first-order valence-corrected chi connectivity index (χ1v) is 5.82. The van der Waals surface area contributed by atoms with Gasteiger partial charge in [0.05, 0.1) is 24.8 Å². The summed E-state index contributed by atoms with van der Waals surface area (Å²) in [5.41, 5.74) is 1.22. The van der Waals surface area contributed by atoms with Gasteiger partial charge in [-0.3, -0.25) is 9.69 Å². The fourth-order valence-electron chi connectivity index (χ4n) is 1.52. The van der Waals surface area contributed by atoms with Crippen molar-refractivity contribution in [2.24, 2.45) is 0 Å². The molecule has 2 N–H and O–H groups in total. The first-order chi connectivity index (χ1) is 8.69. The van der Waals surface area contributed by atoms with E-state index in [0.29, 0.717) is 24.3 Å². The van der Waals surface area contributed by atoms with Crippen molar-refractivity contribution in [1.29, 1.82) is 5.26 Å². The molecule has 0 aliphatic rings. The third-order valence-corrected chi connectivity index (χ3v) is 2.53. The van der Waals surface area contributed by atoms with Crippen LogP contribution >= 0.6 is 0 Å². The number of likely N-dealkylation sites (N-methyl/N-ethyl adjacent to an activating group) is 1. The van der Waals surface area contributed by atoms with E-state index >= 15 is 0 Å². The molecule has 0 spiro atoms. The standard InChI is InChI=1S/C13H17N3O2/c1-2-16(7-8-17)10-13(18)15-12-5-3-11(9-14)4-6-12/h3-6,17H,2,7-8,10H2,1H3,(H,15,18). The van der Waals surface area contributed by atoms with Gasteiger partial charge in [-0.15, -0.1) is 0 Å². The van der Waals surface area contributed by atoms with Gasteiger partial charge in [0.25, 0.3) is 0 Å². The number of hydrogen-bond donors (Lipinski definition) is 2. The van der Waals surface area contributed by atoms with Crippen molar-refractivity contribution in [2.75, 3.05) is 31.6 Å². The summed E-state index contributed by atoms with van der Waals surface area (Å²) >= 11 is 0. The largest absolute Gasteiger partial charge is 0.395 e. The maximum Gasteiger partial charge on any atom is 0.238 e. The average Bonchev–Trinajstić information content (AvgIpc) is 2.39. The SMILES string of the molecule is CCN(CCO)CC(=O)Nc1ccc(C#N)cc1. The fraction of sp³-hybridized carbons (Fsp3) is 0.385. The molecule has 0 saturated heterocycles. The van der Waals surface area contributed by atoms with Gasteiger partial charge in [-0.05, 0) is 30.8 Å². The lowest BCUT2D eigenvalue weighted by Crippen LogP contribution is -2.35. The van der Waals surface area contributed by atoms with Crippen LogP contribution in [0.3, 0.4) is 0 Å². The number of nitrogens with one attached hydrogen (secondary N) is 1. The minimum Gasteiger partial charge on any atom is -0.395 e. The monoisotopic (exact) mass is 247 g/mol. The van der Waals surface area contributed by atoms with Gasteiger partial charge in [0.15, 0.2) is 0 Å². The molecule has 0 saturated carbocycles. The molecule has 5 nitrogen and oxygen atoms in total. The predicted molar refractivity (Wildman–Crippen MR) is 69.0 cm³/mol. The zero-order chi connectivity index (χ0) is 13.4. The molecule has 0 atom stereocenters. The second-order valence-electron chi connectivity index (χ2n) is 3.83. The van der Waals surface area contributed by atoms with Crippen LogP contribution in [0.25, 0.3) is 0 Å². The molecule has 1 amide bonds. The molecule has 0 aromatic heterocycles. The van der Waals surface area contributed by atoms with Gasteiger partial charge in [-0.25, -0.2) is 0 Å². The molecule has 0 bridgehead atoms. The summed E-state index contributed by atoms with van der Waals surface area (Å²) in [6.45, 7) is 3.42. The van der Waals surface area contributed by atoms with Crippen LogP contribution < -0.4 is 5.32 Å². The maximum absolute atomic E-state index is 11.7. The Balaban J connectivity index is 2.50. The molecule has 1 rings (SSSR count). The van der Waals surface area contributed by atoms with Crippen LogP contribution in [-0.2, 0) is 4.79 Å². The lowest BCUT2D eigenvalue weighted by atomic mass is 10.2. The van der Waals surface area contributed by atoms with Crippen molar-refractivity contribution < 1.29 is 9.90 Å². The van der Waals surface area contributed by atoms with Crippen molar-refractivity contribution in [3.63, 3.8) is 0 Å². The predicted octanol–water partition coefficient (Wildman–Crippen LogP) is 0.811. The van der Waals surface area contributed by atoms with Gasteiger partial charge in [0.2, 0.25) is 5.91 Å². The molecular formula is C13H17N3O2. The Bertz CT molecular complexity index is 423. The molecule has 0 fully saturated rings. The molecule has 0 heterocycles. The number of nitrogens with zero attached hydrogens (tertiary/aromatic N) is 2. The Kier molecular flexibility index (Phi) is 5.85. The molecule has 1 aromatic carbocycles. The maximum atomic E-state index is 11.7. The summed E-state index contributed by atoms with van der Waals surface area (Å²) in [5, 5.41) is 20.2. The van der Waals surface area contributed by atoms with Gasteiger partial charge < -0.3 is 10.4 Å². The lowest BCUT2D eigenvalue weighted by molar-refractivity contribution is -0.117. The van der Waals surface area contributed by atoms with Crippen molar-refractivity contribution >= 4 is 11.6 Å². The zero-order valence-electron chi connectivity index (χ0n) is 10.4. The van der Waals surface area contributed by atoms with Crippen LogP contribution in [0.15, 0.2) is 24.3 Å².